The molecule has 0 aromatic carbocycles. The van der Waals surface area contributed by atoms with Crippen LogP contribution in [0.3, 0.4) is 0 Å². The summed E-state index contributed by atoms with van der Waals surface area (Å²) in [5, 5.41) is 20.6. The largest absolute Gasteiger partial charge is 0.383 e. The molecule has 1 heterocycles. The summed E-state index contributed by atoms with van der Waals surface area (Å²) in [6.45, 7) is 6.64. The molecule has 138 valence electrons. The second kappa shape index (κ2) is 9.00. The molecule has 10 heteroatoms. The highest BCUT2D eigenvalue weighted by Crippen LogP contribution is 2.19. The summed E-state index contributed by atoms with van der Waals surface area (Å²) in [5.74, 6) is 0.562. The minimum Gasteiger partial charge on any atom is -0.383 e. The van der Waals surface area contributed by atoms with Gasteiger partial charge in [-0.3, -0.25) is 4.68 Å². The number of hydrogen-bond donors (Lipinski definition) is 4. The van der Waals surface area contributed by atoms with Crippen molar-refractivity contribution in [3.8, 4) is 0 Å². The smallest absolute Gasteiger partial charge is 0.211 e. The Kier molecular flexibility index (Phi) is 7.64. The molecule has 0 aliphatic carbocycles. The van der Waals surface area contributed by atoms with E-state index >= 15 is 0 Å². The third kappa shape index (κ3) is 6.85. The molecular formula is C14H28N6O3S. The Morgan fingerprint density at radius 2 is 2.08 bits per heavy atom. The van der Waals surface area contributed by atoms with E-state index in [1.165, 1.54) is 0 Å². The van der Waals surface area contributed by atoms with E-state index in [1.54, 1.807) is 38.0 Å². The number of rotatable bonds is 9. The van der Waals surface area contributed by atoms with E-state index in [9.17, 15) is 13.5 Å². The number of aromatic nitrogens is 2. The number of aliphatic imine (C=N–C) groups is 1. The molecule has 0 fully saturated rings. The van der Waals surface area contributed by atoms with Gasteiger partial charge in [0.2, 0.25) is 10.0 Å². The fourth-order valence-corrected chi connectivity index (χ4v) is 2.47. The highest BCUT2D eigenvalue weighted by atomic mass is 32.2. The maximum absolute atomic E-state index is 11.4. The fraction of sp³-hybridized carbons (Fsp3) is 0.714. The van der Waals surface area contributed by atoms with Crippen molar-refractivity contribution in [3.05, 3.63) is 18.0 Å². The molecule has 0 aliphatic rings. The Balaban J connectivity index is 2.58. The topological polar surface area (TPSA) is 121 Å². The van der Waals surface area contributed by atoms with Crippen LogP contribution >= 0.6 is 0 Å². The van der Waals surface area contributed by atoms with Crippen LogP contribution in [0.4, 0.5) is 0 Å². The maximum Gasteiger partial charge on any atom is 0.211 e. The van der Waals surface area contributed by atoms with Gasteiger partial charge >= 0.3 is 0 Å². The average Bonchev–Trinajstić information content (AvgIpc) is 2.96. The number of hydrogen-bond acceptors (Lipinski definition) is 5. The SMILES string of the molecule is CCNC(=NCC(C)(O)c1cnn(C)c1)NCCNS(=O)(=O)CC. The molecule has 0 spiro atoms. The molecule has 0 saturated carbocycles. The average molecular weight is 360 g/mol. The molecule has 24 heavy (non-hydrogen) atoms. The van der Waals surface area contributed by atoms with Gasteiger partial charge < -0.3 is 15.7 Å². The summed E-state index contributed by atoms with van der Waals surface area (Å²) < 4.78 is 26.8. The van der Waals surface area contributed by atoms with Crippen LogP contribution in [0.15, 0.2) is 17.4 Å². The maximum atomic E-state index is 11.4. The number of nitrogens with one attached hydrogen (secondary N) is 3. The summed E-state index contributed by atoms with van der Waals surface area (Å²) in [7, 11) is -1.41. The predicted octanol–water partition coefficient (Wildman–Crippen LogP) is -0.878. The van der Waals surface area contributed by atoms with Crippen molar-refractivity contribution < 1.29 is 13.5 Å². The highest BCUT2D eigenvalue weighted by molar-refractivity contribution is 7.89. The van der Waals surface area contributed by atoms with Crippen LogP contribution in [-0.2, 0) is 22.7 Å². The molecular weight excluding hydrogens is 332 g/mol. The molecule has 0 aliphatic heterocycles. The van der Waals surface area contributed by atoms with Gasteiger partial charge in [-0.15, -0.1) is 0 Å². The summed E-state index contributed by atoms with van der Waals surface area (Å²) in [4.78, 5) is 4.36. The Labute approximate surface area is 143 Å². The molecule has 0 radical (unpaired) electrons. The van der Waals surface area contributed by atoms with Gasteiger partial charge in [-0.25, -0.2) is 18.1 Å². The quantitative estimate of drug-likeness (QED) is 0.258. The standard InChI is InChI=1S/C14H28N6O3S/c1-5-15-13(16-7-8-19-24(22,23)6-2)17-11-14(3,21)12-9-18-20(4)10-12/h9-10,19,21H,5-8,11H2,1-4H3,(H2,15,16,17). The Bertz CT molecular complexity index is 639. The van der Waals surface area contributed by atoms with Crippen LogP contribution in [0.2, 0.25) is 0 Å². The minimum absolute atomic E-state index is 0.0507. The first kappa shape index (κ1) is 20.4. The summed E-state index contributed by atoms with van der Waals surface area (Å²) in [6, 6.07) is 0. The molecule has 1 aromatic rings. The van der Waals surface area contributed by atoms with Gasteiger partial charge in [0.1, 0.15) is 5.60 Å². The van der Waals surface area contributed by atoms with Gasteiger partial charge in [-0.2, -0.15) is 5.10 Å². The Morgan fingerprint density at radius 1 is 1.38 bits per heavy atom. The lowest BCUT2D eigenvalue weighted by Gasteiger charge is -2.20. The third-order valence-corrected chi connectivity index (χ3v) is 4.74. The summed E-state index contributed by atoms with van der Waals surface area (Å²) >= 11 is 0. The number of nitrogens with zero attached hydrogens (tertiary/aromatic N) is 3. The van der Waals surface area contributed by atoms with Crippen molar-refractivity contribution >= 4 is 16.0 Å². The van der Waals surface area contributed by atoms with Crippen molar-refractivity contribution in [1.29, 1.82) is 0 Å². The molecule has 1 unspecified atom stereocenters. The van der Waals surface area contributed by atoms with Crippen molar-refractivity contribution in [3.63, 3.8) is 0 Å². The summed E-state index contributed by atoms with van der Waals surface area (Å²) in [6.07, 6.45) is 3.35. The van der Waals surface area contributed by atoms with Crippen LogP contribution in [0, 0.1) is 0 Å². The second-order valence-electron chi connectivity index (χ2n) is 5.60. The zero-order chi connectivity index (χ0) is 18.2. The lowest BCUT2D eigenvalue weighted by molar-refractivity contribution is 0.0672. The van der Waals surface area contributed by atoms with Crippen LogP contribution in [0.5, 0.6) is 0 Å². The van der Waals surface area contributed by atoms with Gasteiger partial charge in [0.15, 0.2) is 5.96 Å². The van der Waals surface area contributed by atoms with Gasteiger partial charge in [0.05, 0.1) is 18.5 Å². The van der Waals surface area contributed by atoms with E-state index in [2.05, 4.69) is 25.4 Å². The van der Waals surface area contributed by atoms with Crippen molar-refractivity contribution in [2.45, 2.75) is 26.4 Å². The van der Waals surface area contributed by atoms with E-state index in [4.69, 9.17) is 0 Å². The number of aliphatic hydroxyl groups is 1. The molecule has 1 aromatic heterocycles. The highest BCUT2D eigenvalue weighted by Gasteiger charge is 2.24. The Morgan fingerprint density at radius 3 is 2.62 bits per heavy atom. The summed E-state index contributed by atoms with van der Waals surface area (Å²) in [5.41, 5.74) is -0.458. The molecule has 4 N–H and O–H groups in total. The van der Waals surface area contributed by atoms with E-state index in [0.29, 0.717) is 24.6 Å². The zero-order valence-electron chi connectivity index (χ0n) is 14.7. The first-order valence-electron chi connectivity index (χ1n) is 7.91. The first-order chi connectivity index (χ1) is 11.2. The van der Waals surface area contributed by atoms with Gasteiger partial charge in [0, 0.05) is 38.4 Å². The van der Waals surface area contributed by atoms with Crippen LogP contribution in [0.1, 0.15) is 26.3 Å². The molecule has 9 nitrogen and oxygen atoms in total. The van der Waals surface area contributed by atoms with E-state index in [1.807, 2.05) is 6.92 Å². The van der Waals surface area contributed by atoms with E-state index in [0.717, 1.165) is 0 Å². The number of aryl methyl sites for hydroxylation is 1. The van der Waals surface area contributed by atoms with Crippen LogP contribution < -0.4 is 15.4 Å². The van der Waals surface area contributed by atoms with Crippen LogP contribution in [-0.4, -0.2) is 61.2 Å². The normalized spacial score (nSPS) is 15.1. The lowest BCUT2D eigenvalue weighted by Crippen LogP contribution is -2.42. The van der Waals surface area contributed by atoms with Gasteiger partial charge in [0.25, 0.3) is 0 Å². The number of guanidine groups is 1. The molecule has 0 amide bonds. The van der Waals surface area contributed by atoms with Crippen molar-refractivity contribution in [1.82, 2.24) is 25.1 Å². The zero-order valence-corrected chi connectivity index (χ0v) is 15.5. The van der Waals surface area contributed by atoms with E-state index in [-0.39, 0.29) is 18.8 Å². The van der Waals surface area contributed by atoms with Gasteiger partial charge in [-0.1, -0.05) is 0 Å². The lowest BCUT2D eigenvalue weighted by atomic mass is 10.0. The number of sulfonamides is 1. The van der Waals surface area contributed by atoms with E-state index < -0.39 is 15.6 Å². The molecule has 0 saturated heterocycles. The molecule has 0 bridgehead atoms. The molecule has 1 atom stereocenters. The fourth-order valence-electron chi connectivity index (χ4n) is 1.85. The van der Waals surface area contributed by atoms with Crippen molar-refractivity contribution in [2.24, 2.45) is 12.0 Å². The second-order valence-corrected chi connectivity index (χ2v) is 7.69. The Hall–Kier alpha value is -1.65. The monoisotopic (exact) mass is 360 g/mol. The molecule has 1 rings (SSSR count). The van der Waals surface area contributed by atoms with Crippen molar-refractivity contribution in [2.75, 3.05) is 31.9 Å². The predicted molar refractivity (Wildman–Crippen MR) is 94.2 cm³/mol. The van der Waals surface area contributed by atoms with Crippen LogP contribution in [0.25, 0.3) is 0 Å². The first-order valence-corrected chi connectivity index (χ1v) is 9.56. The third-order valence-electron chi connectivity index (χ3n) is 3.34. The van der Waals surface area contributed by atoms with Gasteiger partial charge in [-0.05, 0) is 20.8 Å². The minimum atomic E-state index is -3.20.